The number of halogens is 1. The van der Waals surface area contributed by atoms with Crippen molar-refractivity contribution in [1.29, 1.82) is 0 Å². The van der Waals surface area contributed by atoms with Gasteiger partial charge in [0.25, 0.3) is 0 Å². The fraction of sp³-hybridized carbons (Fsp3) is 0.611. The van der Waals surface area contributed by atoms with Crippen molar-refractivity contribution >= 4 is 17.5 Å². The molecule has 2 atom stereocenters. The largest absolute Gasteiger partial charge is 0.378 e. The number of nitrogens with zero attached hydrogens (tertiary/aromatic N) is 1. The van der Waals surface area contributed by atoms with Gasteiger partial charge in [0.05, 0.1) is 19.3 Å². The third-order valence-electron chi connectivity index (χ3n) is 4.44. The number of likely N-dealkylation sites (N-methyl/N-ethyl adjacent to an activating group) is 1. The number of amides is 1. The highest BCUT2D eigenvalue weighted by atomic mass is 35.5. The van der Waals surface area contributed by atoms with E-state index in [1.165, 1.54) is 0 Å². The van der Waals surface area contributed by atoms with Crippen molar-refractivity contribution in [3.63, 3.8) is 0 Å². The molecule has 5 nitrogen and oxygen atoms in total. The van der Waals surface area contributed by atoms with Crippen LogP contribution in [-0.2, 0) is 9.53 Å². The second-order valence-corrected chi connectivity index (χ2v) is 6.40. The Balaban J connectivity index is 1.97. The Morgan fingerprint density at radius 2 is 2.17 bits per heavy atom. The first-order valence-electron chi connectivity index (χ1n) is 8.72. The van der Waals surface area contributed by atoms with Gasteiger partial charge in [0.2, 0.25) is 5.91 Å². The molecule has 1 aromatic rings. The van der Waals surface area contributed by atoms with Crippen LogP contribution in [0.4, 0.5) is 0 Å². The second kappa shape index (κ2) is 9.99. The molecule has 1 aromatic carbocycles. The van der Waals surface area contributed by atoms with E-state index in [9.17, 15) is 4.79 Å². The maximum Gasteiger partial charge on any atom is 0.221 e. The topological polar surface area (TPSA) is 53.6 Å². The molecule has 2 N–H and O–H groups in total. The van der Waals surface area contributed by atoms with Gasteiger partial charge in [0, 0.05) is 30.6 Å². The third kappa shape index (κ3) is 5.45. The van der Waals surface area contributed by atoms with Crippen molar-refractivity contribution < 1.29 is 9.53 Å². The van der Waals surface area contributed by atoms with Gasteiger partial charge in [0.1, 0.15) is 0 Å². The van der Waals surface area contributed by atoms with Crippen LogP contribution in [0.5, 0.6) is 0 Å². The number of nitrogens with one attached hydrogen (secondary N) is 2. The second-order valence-electron chi connectivity index (χ2n) is 5.99. The number of hydrogen-bond acceptors (Lipinski definition) is 4. The standard InChI is InChI=1S/C18H28ClN3O2/c1-3-22(4-2)17(15-7-5-6-8-16(15)19)12-21-18(23)11-14-13-24-10-9-20-14/h5-8,14,17,20H,3-4,9-13H2,1-2H3,(H,21,23). The lowest BCUT2D eigenvalue weighted by molar-refractivity contribution is -0.122. The van der Waals surface area contributed by atoms with Crippen molar-refractivity contribution in [2.75, 3.05) is 39.4 Å². The highest BCUT2D eigenvalue weighted by Gasteiger charge is 2.22. The fourth-order valence-corrected chi connectivity index (χ4v) is 3.36. The number of carbonyl (C=O) groups excluding carboxylic acids is 1. The number of carbonyl (C=O) groups is 1. The maximum atomic E-state index is 12.3. The lowest BCUT2D eigenvalue weighted by Crippen LogP contribution is -2.45. The van der Waals surface area contributed by atoms with E-state index in [1.54, 1.807) is 0 Å². The molecule has 6 heteroatoms. The Bertz CT molecular complexity index is 517. The number of rotatable bonds is 8. The average molecular weight is 354 g/mol. The van der Waals surface area contributed by atoms with Crippen LogP contribution in [0.2, 0.25) is 5.02 Å². The first-order chi connectivity index (χ1) is 11.7. The highest BCUT2D eigenvalue weighted by Crippen LogP contribution is 2.26. The van der Waals surface area contributed by atoms with Crippen LogP contribution < -0.4 is 10.6 Å². The maximum absolute atomic E-state index is 12.3. The molecule has 134 valence electrons. The minimum Gasteiger partial charge on any atom is -0.378 e. The van der Waals surface area contributed by atoms with Gasteiger partial charge in [-0.1, -0.05) is 43.6 Å². The van der Waals surface area contributed by atoms with Crippen LogP contribution in [0.15, 0.2) is 24.3 Å². The first-order valence-corrected chi connectivity index (χ1v) is 9.09. The minimum absolute atomic E-state index is 0.0437. The van der Waals surface area contributed by atoms with Gasteiger partial charge in [-0.25, -0.2) is 0 Å². The molecule has 1 amide bonds. The van der Waals surface area contributed by atoms with Crippen LogP contribution in [0, 0.1) is 0 Å². The van der Waals surface area contributed by atoms with E-state index in [4.69, 9.17) is 16.3 Å². The molecule has 0 spiro atoms. The van der Waals surface area contributed by atoms with Crippen LogP contribution in [-0.4, -0.2) is 56.2 Å². The zero-order valence-electron chi connectivity index (χ0n) is 14.6. The molecule has 2 rings (SSSR count). The number of ether oxygens (including phenoxy) is 1. The van der Waals surface area contributed by atoms with Gasteiger partial charge in [-0.3, -0.25) is 9.69 Å². The van der Waals surface area contributed by atoms with Crippen molar-refractivity contribution in [3.05, 3.63) is 34.9 Å². The van der Waals surface area contributed by atoms with E-state index in [0.29, 0.717) is 26.2 Å². The summed E-state index contributed by atoms with van der Waals surface area (Å²) in [7, 11) is 0. The summed E-state index contributed by atoms with van der Waals surface area (Å²) in [5, 5.41) is 7.12. The molecule has 2 unspecified atom stereocenters. The van der Waals surface area contributed by atoms with E-state index in [-0.39, 0.29) is 18.0 Å². The molecule has 1 heterocycles. The molecule has 1 aliphatic heterocycles. The van der Waals surface area contributed by atoms with Crippen LogP contribution in [0.3, 0.4) is 0 Å². The van der Waals surface area contributed by atoms with Crippen LogP contribution in [0.25, 0.3) is 0 Å². The predicted molar refractivity (Wildman–Crippen MR) is 97.4 cm³/mol. The summed E-state index contributed by atoms with van der Waals surface area (Å²) in [6.07, 6.45) is 0.438. The highest BCUT2D eigenvalue weighted by molar-refractivity contribution is 6.31. The van der Waals surface area contributed by atoms with Gasteiger partial charge in [-0.15, -0.1) is 0 Å². The number of benzene rings is 1. The molecular weight excluding hydrogens is 326 g/mol. The lowest BCUT2D eigenvalue weighted by Gasteiger charge is -2.31. The Hall–Kier alpha value is -1.14. The summed E-state index contributed by atoms with van der Waals surface area (Å²) in [6, 6.07) is 8.03. The first kappa shape index (κ1) is 19.2. The Morgan fingerprint density at radius 3 is 2.79 bits per heavy atom. The van der Waals surface area contributed by atoms with Crippen molar-refractivity contribution in [3.8, 4) is 0 Å². The van der Waals surface area contributed by atoms with Gasteiger partial charge in [-0.05, 0) is 24.7 Å². The molecule has 1 saturated heterocycles. The quantitative estimate of drug-likeness (QED) is 0.752. The molecule has 0 aliphatic carbocycles. The van der Waals surface area contributed by atoms with Crippen molar-refractivity contribution in [2.24, 2.45) is 0 Å². The SMILES string of the molecule is CCN(CC)C(CNC(=O)CC1COCCN1)c1ccccc1Cl. The summed E-state index contributed by atoms with van der Waals surface area (Å²) < 4.78 is 5.40. The van der Waals surface area contributed by atoms with E-state index < -0.39 is 0 Å². The van der Waals surface area contributed by atoms with Gasteiger partial charge >= 0.3 is 0 Å². The molecule has 0 aromatic heterocycles. The Labute approximate surface area is 149 Å². The molecule has 0 radical (unpaired) electrons. The van der Waals surface area contributed by atoms with Gasteiger partial charge < -0.3 is 15.4 Å². The van der Waals surface area contributed by atoms with Crippen molar-refractivity contribution in [1.82, 2.24) is 15.5 Å². The molecular formula is C18H28ClN3O2. The van der Waals surface area contributed by atoms with E-state index in [0.717, 1.165) is 30.2 Å². The number of hydrogen-bond donors (Lipinski definition) is 2. The predicted octanol–water partition coefficient (Wildman–Crippen LogP) is 2.22. The summed E-state index contributed by atoms with van der Waals surface area (Å²) in [4.78, 5) is 14.6. The molecule has 1 fully saturated rings. The van der Waals surface area contributed by atoms with E-state index in [1.807, 2.05) is 24.3 Å². The van der Waals surface area contributed by atoms with E-state index >= 15 is 0 Å². The average Bonchev–Trinajstić information content (AvgIpc) is 2.60. The summed E-state index contributed by atoms with van der Waals surface area (Å²) in [6.45, 7) is 8.72. The number of morpholine rings is 1. The minimum atomic E-state index is 0.0437. The molecule has 0 saturated carbocycles. The summed E-state index contributed by atoms with van der Waals surface area (Å²) in [5.74, 6) is 0.0437. The van der Waals surface area contributed by atoms with Crippen LogP contribution in [0.1, 0.15) is 31.9 Å². The van der Waals surface area contributed by atoms with E-state index in [2.05, 4.69) is 29.4 Å². The molecule has 1 aliphatic rings. The summed E-state index contributed by atoms with van der Waals surface area (Å²) in [5.41, 5.74) is 1.06. The third-order valence-corrected chi connectivity index (χ3v) is 4.78. The monoisotopic (exact) mass is 353 g/mol. The lowest BCUT2D eigenvalue weighted by atomic mass is 10.0. The molecule has 24 heavy (non-hydrogen) atoms. The fourth-order valence-electron chi connectivity index (χ4n) is 3.10. The molecule has 0 bridgehead atoms. The zero-order valence-corrected chi connectivity index (χ0v) is 15.3. The van der Waals surface area contributed by atoms with Crippen LogP contribution >= 0.6 is 11.6 Å². The zero-order chi connectivity index (χ0) is 17.4. The smallest absolute Gasteiger partial charge is 0.221 e. The summed E-state index contributed by atoms with van der Waals surface area (Å²) >= 11 is 6.38. The Kier molecular flexibility index (Phi) is 7.99. The Morgan fingerprint density at radius 1 is 1.42 bits per heavy atom. The van der Waals surface area contributed by atoms with Gasteiger partial charge in [-0.2, -0.15) is 0 Å². The normalized spacial score (nSPS) is 19.2. The van der Waals surface area contributed by atoms with Crippen molar-refractivity contribution in [2.45, 2.75) is 32.4 Å². The van der Waals surface area contributed by atoms with Gasteiger partial charge in [0.15, 0.2) is 0 Å².